The van der Waals surface area contributed by atoms with Crippen LogP contribution >= 0.6 is 0 Å². The molecular formula is C23H20N2O4. The van der Waals surface area contributed by atoms with E-state index in [0.29, 0.717) is 19.6 Å². The van der Waals surface area contributed by atoms with Crippen LogP contribution < -0.4 is 0 Å². The molecule has 5 rings (SSSR count). The highest BCUT2D eigenvalue weighted by Gasteiger charge is 2.30. The molecule has 1 aromatic heterocycles. The van der Waals surface area contributed by atoms with Crippen molar-refractivity contribution in [1.82, 2.24) is 9.47 Å². The smallest absolute Gasteiger partial charge is 0.410 e. The molecule has 6 heteroatoms. The number of aromatic carboxylic acids is 1. The summed E-state index contributed by atoms with van der Waals surface area (Å²) in [6, 6.07) is 18.1. The van der Waals surface area contributed by atoms with E-state index in [-0.39, 0.29) is 24.2 Å². The first kappa shape index (κ1) is 17.6. The maximum Gasteiger partial charge on any atom is 0.410 e. The normalized spacial score (nSPS) is 14.8. The minimum atomic E-state index is -0.959. The van der Waals surface area contributed by atoms with Crippen molar-refractivity contribution in [2.75, 3.05) is 13.2 Å². The molecule has 6 nitrogen and oxygen atoms in total. The van der Waals surface area contributed by atoms with Crippen LogP contribution in [0.25, 0.3) is 11.1 Å². The van der Waals surface area contributed by atoms with Crippen LogP contribution in [0.5, 0.6) is 0 Å². The van der Waals surface area contributed by atoms with E-state index >= 15 is 0 Å². The standard InChI is InChI=1S/C23H20N2O4/c26-22(27)15-11-16-13-25(10-9-24(16)12-15)23(28)29-14-21-19-7-3-1-5-17(19)18-6-2-4-8-20(18)21/h1-8,11-12,21H,9-10,13-14H2,(H,26,27). The fraction of sp³-hybridized carbons (Fsp3) is 0.217. The molecule has 1 aliphatic carbocycles. The van der Waals surface area contributed by atoms with Crippen molar-refractivity contribution in [3.63, 3.8) is 0 Å². The van der Waals surface area contributed by atoms with E-state index in [1.54, 1.807) is 17.2 Å². The van der Waals surface area contributed by atoms with E-state index in [1.807, 2.05) is 28.8 Å². The van der Waals surface area contributed by atoms with Crippen LogP contribution in [-0.4, -0.2) is 39.8 Å². The largest absolute Gasteiger partial charge is 0.478 e. The van der Waals surface area contributed by atoms with E-state index in [4.69, 9.17) is 9.84 Å². The van der Waals surface area contributed by atoms with Crippen molar-refractivity contribution < 1.29 is 19.4 Å². The molecule has 29 heavy (non-hydrogen) atoms. The number of carbonyl (C=O) groups excluding carboxylic acids is 1. The van der Waals surface area contributed by atoms with E-state index in [0.717, 1.165) is 5.69 Å². The second-order valence-electron chi connectivity index (χ2n) is 7.44. The molecule has 1 amide bonds. The van der Waals surface area contributed by atoms with Gasteiger partial charge in [0.2, 0.25) is 0 Å². The first-order valence-electron chi connectivity index (χ1n) is 9.64. The van der Waals surface area contributed by atoms with Gasteiger partial charge in [0.05, 0.1) is 12.1 Å². The molecule has 0 atom stereocenters. The molecule has 0 saturated heterocycles. The summed E-state index contributed by atoms with van der Waals surface area (Å²) in [5, 5.41) is 9.16. The Morgan fingerprint density at radius 1 is 1.00 bits per heavy atom. The Morgan fingerprint density at radius 2 is 1.66 bits per heavy atom. The number of amides is 1. The summed E-state index contributed by atoms with van der Waals surface area (Å²) >= 11 is 0. The van der Waals surface area contributed by atoms with Crippen LogP contribution in [0.3, 0.4) is 0 Å². The zero-order chi connectivity index (χ0) is 20.0. The quantitative estimate of drug-likeness (QED) is 0.737. The summed E-state index contributed by atoms with van der Waals surface area (Å²) in [5.74, 6) is -0.932. The molecular weight excluding hydrogens is 368 g/mol. The van der Waals surface area contributed by atoms with Crippen molar-refractivity contribution in [3.05, 3.63) is 83.2 Å². The van der Waals surface area contributed by atoms with Crippen LogP contribution in [0.15, 0.2) is 60.8 Å². The van der Waals surface area contributed by atoms with Gasteiger partial charge in [0.15, 0.2) is 0 Å². The van der Waals surface area contributed by atoms with E-state index in [1.165, 1.54) is 22.3 Å². The highest BCUT2D eigenvalue weighted by atomic mass is 16.6. The third kappa shape index (κ3) is 2.97. The molecule has 146 valence electrons. The van der Waals surface area contributed by atoms with Gasteiger partial charge in [-0.05, 0) is 28.3 Å². The minimum Gasteiger partial charge on any atom is -0.478 e. The zero-order valence-electron chi connectivity index (χ0n) is 15.7. The number of nitrogens with zero attached hydrogens (tertiary/aromatic N) is 2. The van der Waals surface area contributed by atoms with Gasteiger partial charge in [0.1, 0.15) is 6.61 Å². The molecule has 0 saturated carbocycles. The number of aromatic nitrogens is 1. The van der Waals surface area contributed by atoms with Gasteiger partial charge in [0, 0.05) is 30.9 Å². The lowest BCUT2D eigenvalue weighted by Crippen LogP contribution is -2.38. The lowest BCUT2D eigenvalue weighted by Gasteiger charge is -2.28. The van der Waals surface area contributed by atoms with Crippen molar-refractivity contribution in [2.45, 2.75) is 19.0 Å². The topological polar surface area (TPSA) is 71.8 Å². The second kappa shape index (κ2) is 6.81. The Hall–Kier alpha value is -3.54. The van der Waals surface area contributed by atoms with Gasteiger partial charge >= 0.3 is 12.1 Å². The first-order valence-corrected chi connectivity index (χ1v) is 9.64. The third-order valence-electron chi connectivity index (χ3n) is 5.79. The molecule has 0 bridgehead atoms. The van der Waals surface area contributed by atoms with Crippen LogP contribution in [0, 0.1) is 0 Å². The summed E-state index contributed by atoms with van der Waals surface area (Å²) in [4.78, 5) is 25.5. The third-order valence-corrected chi connectivity index (χ3v) is 5.79. The monoisotopic (exact) mass is 388 g/mol. The Balaban J connectivity index is 1.31. The maximum absolute atomic E-state index is 12.7. The minimum absolute atomic E-state index is 0.0265. The van der Waals surface area contributed by atoms with E-state index in [9.17, 15) is 9.59 Å². The van der Waals surface area contributed by atoms with E-state index < -0.39 is 5.97 Å². The zero-order valence-corrected chi connectivity index (χ0v) is 15.7. The van der Waals surface area contributed by atoms with Gasteiger partial charge in [-0.1, -0.05) is 48.5 Å². The number of hydrogen-bond acceptors (Lipinski definition) is 3. The molecule has 0 fully saturated rings. The molecule has 1 aliphatic heterocycles. The van der Waals surface area contributed by atoms with Gasteiger partial charge < -0.3 is 19.3 Å². The summed E-state index contributed by atoms with van der Waals surface area (Å²) in [6.07, 6.45) is 1.25. The maximum atomic E-state index is 12.7. The Kier molecular flexibility index (Phi) is 4.12. The van der Waals surface area contributed by atoms with Gasteiger partial charge in [-0.25, -0.2) is 9.59 Å². The van der Waals surface area contributed by atoms with Crippen LogP contribution in [0.1, 0.15) is 33.1 Å². The number of hydrogen-bond donors (Lipinski definition) is 1. The summed E-state index contributed by atoms with van der Waals surface area (Å²) in [6.45, 7) is 1.69. The highest BCUT2D eigenvalue weighted by molar-refractivity contribution is 5.87. The fourth-order valence-corrected chi connectivity index (χ4v) is 4.36. The van der Waals surface area contributed by atoms with Crippen molar-refractivity contribution in [3.8, 4) is 11.1 Å². The molecule has 2 heterocycles. The number of carboxylic acid groups (broad SMARTS) is 1. The first-order chi connectivity index (χ1) is 14.1. The predicted molar refractivity (Wildman–Crippen MR) is 107 cm³/mol. The van der Waals surface area contributed by atoms with Crippen LogP contribution in [-0.2, 0) is 17.8 Å². The van der Waals surface area contributed by atoms with Crippen LogP contribution in [0.4, 0.5) is 4.79 Å². The van der Waals surface area contributed by atoms with Gasteiger partial charge in [-0.3, -0.25) is 0 Å². The SMILES string of the molecule is O=C(O)c1cc2n(c1)CCN(C(=O)OCC1c3ccccc3-c3ccccc31)C2. The predicted octanol–water partition coefficient (Wildman–Crippen LogP) is 3.95. The molecule has 2 aromatic carbocycles. The average molecular weight is 388 g/mol. The molecule has 2 aliphatic rings. The number of carboxylic acids is 1. The molecule has 0 spiro atoms. The van der Waals surface area contributed by atoms with Gasteiger partial charge in [0.25, 0.3) is 0 Å². The summed E-state index contributed by atoms with van der Waals surface area (Å²) in [7, 11) is 0. The van der Waals surface area contributed by atoms with E-state index in [2.05, 4.69) is 24.3 Å². The lowest BCUT2D eigenvalue weighted by molar-refractivity contribution is 0.0696. The Labute approximate surface area is 167 Å². The van der Waals surface area contributed by atoms with Crippen molar-refractivity contribution >= 4 is 12.1 Å². The second-order valence-corrected chi connectivity index (χ2v) is 7.44. The number of fused-ring (bicyclic) bond motifs is 4. The van der Waals surface area contributed by atoms with Gasteiger partial charge in [-0.2, -0.15) is 0 Å². The fourth-order valence-electron chi connectivity index (χ4n) is 4.36. The molecule has 1 N–H and O–H groups in total. The molecule has 0 radical (unpaired) electrons. The summed E-state index contributed by atoms with van der Waals surface area (Å²) < 4.78 is 7.60. The number of benzene rings is 2. The molecule has 3 aromatic rings. The average Bonchev–Trinajstić information content (AvgIpc) is 3.31. The summed E-state index contributed by atoms with van der Waals surface area (Å²) in [5.41, 5.74) is 5.80. The van der Waals surface area contributed by atoms with Crippen molar-refractivity contribution in [2.24, 2.45) is 0 Å². The number of carbonyl (C=O) groups is 2. The van der Waals surface area contributed by atoms with Crippen molar-refractivity contribution in [1.29, 1.82) is 0 Å². The number of ether oxygens (including phenoxy) is 1. The molecule has 0 unspecified atom stereocenters. The highest BCUT2D eigenvalue weighted by Crippen LogP contribution is 2.44. The number of rotatable bonds is 3. The Morgan fingerprint density at radius 3 is 2.31 bits per heavy atom. The van der Waals surface area contributed by atoms with Crippen LogP contribution in [0.2, 0.25) is 0 Å². The Bertz CT molecular complexity index is 1070. The lowest BCUT2D eigenvalue weighted by atomic mass is 9.98. The van der Waals surface area contributed by atoms with Gasteiger partial charge in [-0.15, -0.1) is 0 Å².